The van der Waals surface area contributed by atoms with Crippen LogP contribution in [-0.2, 0) is 4.74 Å². The van der Waals surface area contributed by atoms with Crippen LogP contribution in [0.5, 0.6) is 0 Å². The standard InChI is InChI=1S/C6H10N2O2/c1-6(2,10-3)5(4-7)8-9/h5H,1-3H3. The molecule has 4 nitrogen and oxygen atoms in total. The summed E-state index contributed by atoms with van der Waals surface area (Å²) in [7, 11) is 1.44. The van der Waals surface area contributed by atoms with Gasteiger partial charge in [-0.1, -0.05) is 0 Å². The number of rotatable bonds is 3. The Morgan fingerprint density at radius 1 is 1.70 bits per heavy atom. The Morgan fingerprint density at radius 3 is 2.30 bits per heavy atom. The number of hydrogen-bond acceptors (Lipinski definition) is 4. The Labute approximate surface area is 59.8 Å². The quantitative estimate of drug-likeness (QED) is 0.553. The maximum absolute atomic E-state index is 9.99. The highest BCUT2D eigenvalue weighted by atomic mass is 16.5. The summed E-state index contributed by atoms with van der Waals surface area (Å²) in [6.07, 6.45) is 0. The lowest BCUT2D eigenvalue weighted by Crippen LogP contribution is -2.35. The van der Waals surface area contributed by atoms with E-state index in [0.29, 0.717) is 0 Å². The summed E-state index contributed by atoms with van der Waals surface area (Å²) in [4.78, 5) is 9.99. The second-order valence-corrected chi connectivity index (χ2v) is 2.44. The van der Waals surface area contributed by atoms with Crippen molar-refractivity contribution in [2.75, 3.05) is 7.11 Å². The van der Waals surface area contributed by atoms with Crippen LogP contribution >= 0.6 is 0 Å². The minimum Gasteiger partial charge on any atom is -0.375 e. The summed E-state index contributed by atoms with van der Waals surface area (Å²) in [5.41, 5.74) is -0.781. The number of nitrogens with zero attached hydrogens (tertiary/aromatic N) is 2. The molecule has 0 radical (unpaired) electrons. The number of methoxy groups -OCH3 is 1. The van der Waals surface area contributed by atoms with Gasteiger partial charge in [0.2, 0.25) is 6.04 Å². The average Bonchev–Trinajstić information content (AvgIpc) is 1.90. The van der Waals surface area contributed by atoms with Gasteiger partial charge in [0.1, 0.15) is 5.60 Å². The minimum absolute atomic E-state index is 0.781. The van der Waals surface area contributed by atoms with Gasteiger partial charge in [0.15, 0.2) is 0 Å². The molecule has 0 aliphatic carbocycles. The Bertz CT molecular complexity index is 160. The molecule has 0 fully saturated rings. The fourth-order valence-corrected chi connectivity index (χ4v) is 0.418. The SMILES string of the molecule is COC(C)(C)C(C#N)N=O. The minimum atomic E-state index is -0.933. The lowest BCUT2D eigenvalue weighted by atomic mass is 10.0. The number of nitriles is 1. The third kappa shape index (κ3) is 1.78. The molecule has 0 bridgehead atoms. The number of hydrogen-bond donors (Lipinski definition) is 0. The molecule has 0 saturated heterocycles. The van der Waals surface area contributed by atoms with E-state index in [9.17, 15) is 4.91 Å². The summed E-state index contributed by atoms with van der Waals surface area (Å²) in [6.45, 7) is 3.28. The van der Waals surface area contributed by atoms with Crippen LogP contribution in [0.3, 0.4) is 0 Å². The summed E-state index contributed by atoms with van der Waals surface area (Å²) < 4.78 is 4.87. The van der Waals surface area contributed by atoms with Gasteiger partial charge in [-0.15, -0.1) is 4.91 Å². The summed E-state index contributed by atoms with van der Waals surface area (Å²) >= 11 is 0. The zero-order valence-electron chi connectivity index (χ0n) is 6.29. The van der Waals surface area contributed by atoms with Crippen LogP contribution in [0.4, 0.5) is 0 Å². The molecule has 0 aliphatic heterocycles. The molecule has 0 heterocycles. The van der Waals surface area contributed by atoms with Gasteiger partial charge in [0, 0.05) is 7.11 Å². The van der Waals surface area contributed by atoms with Gasteiger partial charge < -0.3 is 4.74 Å². The van der Waals surface area contributed by atoms with E-state index in [0.717, 1.165) is 0 Å². The molecule has 0 N–H and O–H groups in total. The van der Waals surface area contributed by atoms with Crippen molar-refractivity contribution < 1.29 is 4.74 Å². The van der Waals surface area contributed by atoms with E-state index >= 15 is 0 Å². The molecular weight excluding hydrogens is 132 g/mol. The Kier molecular flexibility index (Phi) is 2.97. The molecule has 0 aromatic heterocycles. The Balaban J connectivity index is 4.29. The fourth-order valence-electron chi connectivity index (χ4n) is 0.418. The monoisotopic (exact) mass is 142 g/mol. The fraction of sp³-hybridized carbons (Fsp3) is 0.833. The van der Waals surface area contributed by atoms with Crippen molar-refractivity contribution >= 4 is 0 Å². The lowest BCUT2D eigenvalue weighted by molar-refractivity contribution is 0.0145. The molecule has 0 rings (SSSR count). The summed E-state index contributed by atoms with van der Waals surface area (Å²) in [5.74, 6) is 0. The largest absolute Gasteiger partial charge is 0.375 e. The van der Waals surface area contributed by atoms with E-state index in [1.54, 1.807) is 19.9 Å². The third-order valence-electron chi connectivity index (χ3n) is 1.41. The smallest absolute Gasteiger partial charge is 0.206 e. The molecule has 10 heavy (non-hydrogen) atoms. The first-order chi connectivity index (χ1) is 4.58. The van der Waals surface area contributed by atoms with Gasteiger partial charge in [-0.2, -0.15) is 5.26 Å². The Morgan fingerprint density at radius 2 is 2.20 bits per heavy atom. The van der Waals surface area contributed by atoms with Crippen molar-refractivity contribution in [2.45, 2.75) is 25.5 Å². The van der Waals surface area contributed by atoms with Crippen LogP contribution in [-0.4, -0.2) is 18.8 Å². The molecule has 4 heteroatoms. The Hall–Kier alpha value is -0.950. The number of ether oxygens (including phenoxy) is 1. The molecule has 0 spiro atoms. The van der Waals surface area contributed by atoms with E-state index in [-0.39, 0.29) is 0 Å². The van der Waals surface area contributed by atoms with Crippen LogP contribution in [0.25, 0.3) is 0 Å². The van der Waals surface area contributed by atoms with Crippen LogP contribution in [0.1, 0.15) is 13.8 Å². The normalized spacial score (nSPS) is 13.8. The second kappa shape index (κ2) is 3.28. The summed E-state index contributed by atoms with van der Waals surface area (Å²) in [5, 5.41) is 11.0. The van der Waals surface area contributed by atoms with Crippen molar-refractivity contribution in [3.8, 4) is 6.07 Å². The average molecular weight is 142 g/mol. The van der Waals surface area contributed by atoms with E-state index < -0.39 is 11.6 Å². The van der Waals surface area contributed by atoms with Crippen LogP contribution < -0.4 is 0 Å². The zero-order valence-corrected chi connectivity index (χ0v) is 6.29. The van der Waals surface area contributed by atoms with Gasteiger partial charge in [-0.25, -0.2) is 0 Å². The molecule has 0 aromatic rings. The van der Waals surface area contributed by atoms with Crippen molar-refractivity contribution in [2.24, 2.45) is 5.18 Å². The van der Waals surface area contributed by atoms with E-state index in [1.807, 2.05) is 0 Å². The van der Waals surface area contributed by atoms with Gasteiger partial charge in [0.05, 0.1) is 6.07 Å². The van der Waals surface area contributed by atoms with Crippen molar-refractivity contribution in [3.63, 3.8) is 0 Å². The molecule has 0 amide bonds. The first-order valence-corrected chi connectivity index (χ1v) is 2.85. The van der Waals surface area contributed by atoms with Crippen molar-refractivity contribution in [1.82, 2.24) is 0 Å². The van der Waals surface area contributed by atoms with Crippen molar-refractivity contribution in [3.05, 3.63) is 4.91 Å². The molecule has 56 valence electrons. The number of nitroso groups, excluding NO2 is 1. The van der Waals surface area contributed by atoms with Crippen LogP contribution in [0.2, 0.25) is 0 Å². The molecule has 0 saturated carbocycles. The first-order valence-electron chi connectivity index (χ1n) is 2.85. The molecular formula is C6H10N2O2. The van der Waals surface area contributed by atoms with Gasteiger partial charge >= 0.3 is 0 Å². The third-order valence-corrected chi connectivity index (χ3v) is 1.41. The highest BCUT2D eigenvalue weighted by Crippen LogP contribution is 2.15. The van der Waals surface area contributed by atoms with E-state index in [2.05, 4.69) is 5.18 Å². The van der Waals surface area contributed by atoms with Gasteiger partial charge in [-0.3, -0.25) is 0 Å². The molecule has 1 unspecified atom stereocenters. The molecule has 0 aliphatic rings. The zero-order chi connectivity index (χ0) is 8.20. The highest BCUT2D eigenvalue weighted by molar-refractivity contribution is 5.01. The maximum Gasteiger partial charge on any atom is 0.206 e. The van der Waals surface area contributed by atoms with Crippen LogP contribution in [0, 0.1) is 16.2 Å². The highest BCUT2D eigenvalue weighted by Gasteiger charge is 2.30. The topological polar surface area (TPSA) is 62.4 Å². The summed E-state index contributed by atoms with van der Waals surface area (Å²) in [6, 6.07) is 0.806. The second-order valence-electron chi connectivity index (χ2n) is 2.44. The predicted molar refractivity (Wildman–Crippen MR) is 36.3 cm³/mol. The predicted octanol–water partition coefficient (Wildman–Crippen LogP) is 1.07. The van der Waals surface area contributed by atoms with Crippen LogP contribution in [0.15, 0.2) is 5.18 Å². The van der Waals surface area contributed by atoms with Gasteiger partial charge in [-0.05, 0) is 19.0 Å². The molecule has 0 aromatic carbocycles. The maximum atomic E-state index is 9.99. The van der Waals surface area contributed by atoms with E-state index in [4.69, 9.17) is 10.00 Å². The molecule has 1 atom stereocenters. The first kappa shape index (κ1) is 9.05. The van der Waals surface area contributed by atoms with Gasteiger partial charge in [0.25, 0.3) is 0 Å². The van der Waals surface area contributed by atoms with Crippen molar-refractivity contribution in [1.29, 1.82) is 5.26 Å². The lowest BCUT2D eigenvalue weighted by Gasteiger charge is -2.22. The van der Waals surface area contributed by atoms with E-state index in [1.165, 1.54) is 7.11 Å².